The Bertz CT molecular complexity index is 1430. The number of benzene rings is 1. The van der Waals surface area contributed by atoms with E-state index in [1.165, 1.54) is 28.1 Å². The summed E-state index contributed by atoms with van der Waals surface area (Å²) in [5.74, 6) is -2.57. The predicted molar refractivity (Wildman–Crippen MR) is 183 cm³/mol. The van der Waals surface area contributed by atoms with Crippen LogP contribution in [0.4, 0.5) is 0 Å². The van der Waals surface area contributed by atoms with Crippen molar-refractivity contribution in [1.29, 1.82) is 0 Å². The van der Waals surface area contributed by atoms with Crippen LogP contribution in [0, 0.1) is 29.6 Å². The van der Waals surface area contributed by atoms with E-state index in [9.17, 15) is 19.2 Å². The maximum atomic E-state index is 12.9. The van der Waals surface area contributed by atoms with Crippen LogP contribution in [-0.2, 0) is 60.4 Å². The summed E-state index contributed by atoms with van der Waals surface area (Å²) in [6, 6.07) is 4.19. The number of methoxy groups -OCH3 is 2. The lowest BCUT2D eigenvalue weighted by Gasteiger charge is -2.46. The monoisotopic (exact) mass is 717 g/mol. The number of hydrogen-bond donors (Lipinski definition) is 0. The minimum atomic E-state index is -1.20. The van der Waals surface area contributed by atoms with Gasteiger partial charge in [0.05, 0.1) is 14.2 Å². The van der Waals surface area contributed by atoms with Crippen LogP contribution in [0.2, 0.25) is 0 Å². The molecular formula is C38H55NO12. The minimum Gasteiger partial charge on any atom is -0.467 e. The van der Waals surface area contributed by atoms with Crippen molar-refractivity contribution >= 4 is 23.9 Å². The molecule has 3 fully saturated rings. The zero-order valence-corrected chi connectivity index (χ0v) is 31.4. The molecule has 0 radical (unpaired) electrons. The summed E-state index contributed by atoms with van der Waals surface area (Å²) in [5, 5.41) is 0. The zero-order chi connectivity index (χ0) is 37.1. The number of piperidine rings is 1. The van der Waals surface area contributed by atoms with E-state index < -0.39 is 60.9 Å². The van der Waals surface area contributed by atoms with Gasteiger partial charge in [-0.05, 0) is 74.6 Å². The molecule has 51 heavy (non-hydrogen) atoms. The highest BCUT2D eigenvalue weighted by atomic mass is 16.7. The second kappa shape index (κ2) is 16.5. The molecule has 0 unspecified atom stereocenters. The number of carbonyl (C=O) groups excluding carboxylic acids is 4. The van der Waals surface area contributed by atoms with Crippen molar-refractivity contribution in [2.45, 2.75) is 124 Å². The van der Waals surface area contributed by atoms with Crippen molar-refractivity contribution in [2.75, 3.05) is 27.3 Å². The van der Waals surface area contributed by atoms with Crippen LogP contribution in [0.5, 0.6) is 11.5 Å². The molecule has 0 spiro atoms. The SMILES string of the molecule is CCCN1CCC[C@@H]2Cc3c(ccc(O[C@@H]4O[C@H](C(=O)OC)[C@@H](C)[C@H](C)[C@H]4OC(C)=O)c3O[C@@H]3O[C@H](C(=O)OC)[C@@H](C)[C@H](C)[C@H]3OC(C)=O)C[C@H]21. The third-order valence-corrected chi connectivity index (χ3v) is 11.5. The van der Waals surface area contributed by atoms with E-state index in [1.807, 2.05) is 33.8 Å². The van der Waals surface area contributed by atoms with Crippen LogP contribution >= 0.6 is 0 Å². The largest absolute Gasteiger partial charge is 0.467 e. The number of esters is 4. The Morgan fingerprint density at radius 1 is 0.784 bits per heavy atom. The van der Waals surface area contributed by atoms with Crippen LogP contribution in [-0.4, -0.2) is 99.1 Å². The van der Waals surface area contributed by atoms with Crippen molar-refractivity contribution in [3.63, 3.8) is 0 Å². The summed E-state index contributed by atoms with van der Waals surface area (Å²) in [4.78, 5) is 53.0. The molecule has 3 aliphatic heterocycles. The maximum absolute atomic E-state index is 12.9. The van der Waals surface area contributed by atoms with E-state index in [0.717, 1.165) is 49.9 Å². The molecule has 0 saturated carbocycles. The lowest BCUT2D eigenvalue weighted by Crippen LogP contribution is -2.56. The number of fused-ring (bicyclic) bond motifs is 2. The Labute approximate surface area is 300 Å². The Morgan fingerprint density at radius 2 is 1.33 bits per heavy atom. The normalized spacial score (nSPS) is 35.0. The van der Waals surface area contributed by atoms with Crippen molar-refractivity contribution in [2.24, 2.45) is 29.6 Å². The quantitative estimate of drug-likeness (QED) is 0.252. The first-order valence-electron chi connectivity index (χ1n) is 18.3. The standard InChI is InChI=1S/C38H55NO12/c1-10-15-39-16-11-12-26-17-27-25(18-28(26)39)13-14-29(48-37-32(46-23(6)40)21(4)19(2)30(49-37)35(42)44-8)34(27)51-38-33(47-24(7)41)22(5)20(3)31(50-38)36(43)45-9/h13-14,19-22,26,28,30-33,37-38H,10-12,15-18H2,1-9H3/t19-,20-,21-,22-,26+,28+,30-,31-,32+,33+,37+,38-/m0/s1. The summed E-state index contributed by atoms with van der Waals surface area (Å²) in [5.41, 5.74) is 2.01. The van der Waals surface area contributed by atoms with Gasteiger partial charge in [0.15, 0.2) is 35.9 Å². The first kappa shape index (κ1) is 38.8. The molecule has 0 aromatic heterocycles. The number of ether oxygens (including phenoxy) is 8. The Balaban J connectivity index is 1.59. The second-order valence-electron chi connectivity index (χ2n) is 14.7. The van der Waals surface area contributed by atoms with Crippen molar-refractivity contribution < 1.29 is 57.1 Å². The lowest BCUT2D eigenvalue weighted by atomic mass is 9.74. The molecule has 0 amide bonds. The average molecular weight is 718 g/mol. The van der Waals surface area contributed by atoms with Gasteiger partial charge in [0.25, 0.3) is 0 Å². The van der Waals surface area contributed by atoms with E-state index in [4.69, 9.17) is 37.9 Å². The number of hydrogen-bond acceptors (Lipinski definition) is 13. The Kier molecular flexibility index (Phi) is 12.6. The molecule has 1 aromatic carbocycles. The van der Waals surface area contributed by atoms with Gasteiger partial charge in [0.1, 0.15) is 0 Å². The van der Waals surface area contributed by atoms with Gasteiger partial charge in [-0.25, -0.2) is 9.59 Å². The smallest absolute Gasteiger partial charge is 0.335 e. The first-order valence-corrected chi connectivity index (χ1v) is 18.3. The molecule has 13 nitrogen and oxygen atoms in total. The summed E-state index contributed by atoms with van der Waals surface area (Å²) >= 11 is 0. The van der Waals surface area contributed by atoms with Crippen LogP contribution in [0.3, 0.4) is 0 Å². The zero-order valence-electron chi connectivity index (χ0n) is 31.4. The number of rotatable bonds is 10. The van der Waals surface area contributed by atoms with Crippen LogP contribution in [0.25, 0.3) is 0 Å². The molecule has 5 rings (SSSR count). The summed E-state index contributed by atoms with van der Waals surface area (Å²) in [6.07, 6.45) is -1.36. The van der Waals surface area contributed by atoms with E-state index in [-0.39, 0.29) is 29.4 Å². The molecule has 1 aliphatic carbocycles. The summed E-state index contributed by atoms with van der Waals surface area (Å²) in [7, 11) is 2.59. The molecule has 12 atom stereocenters. The molecule has 4 aliphatic rings. The molecule has 284 valence electrons. The number of carbonyl (C=O) groups is 4. The van der Waals surface area contributed by atoms with E-state index in [2.05, 4.69) is 11.8 Å². The van der Waals surface area contributed by atoms with Gasteiger partial charge in [0, 0.05) is 37.3 Å². The first-order chi connectivity index (χ1) is 24.3. The summed E-state index contributed by atoms with van der Waals surface area (Å²) in [6.45, 7) is 14.4. The van der Waals surface area contributed by atoms with Crippen LogP contribution < -0.4 is 9.47 Å². The molecule has 0 N–H and O–H groups in total. The molecule has 1 aromatic rings. The van der Waals surface area contributed by atoms with Crippen molar-refractivity contribution in [1.82, 2.24) is 4.90 Å². The molecular weight excluding hydrogens is 662 g/mol. The molecule has 3 heterocycles. The van der Waals surface area contributed by atoms with Gasteiger partial charge in [0.2, 0.25) is 12.6 Å². The molecule has 13 heteroatoms. The summed E-state index contributed by atoms with van der Waals surface area (Å²) < 4.78 is 47.6. The van der Waals surface area contributed by atoms with Gasteiger partial charge in [-0.15, -0.1) is 0 Å². The van der Waals surface area contributed by atoms with E-state index in [1.54, 1.807) is 6.07 Å². The fourth-order valence-electron chi connectivity index (χ4n) is 8.33. The fourth-order valence-corrected chi connectivity index (χ4v) is 8.33. The van der Waals surface area contributed by atoms with E-state index in [0.29, 0.717) is 24.1 Å². The highest BCUT2D eigenvalue weighted by Gasteiger charge is 2.51. The van der Waals surface area contributed by atoms with Crippen LogP contribution in [0.15, 0.2) is 12.1 Å². The second-order valence-corrected chi connectivity index (χ2v) is 14.7. The molecule has 3 saturated heterocycles. The van der Waals surface area contributed by atoms with Crippen LogP contribution in [0.1, 0.15) is 78.9 Å². The van der Waals surface area contributed by atoms with Gasteiger partial charge >= 0.3 is 23.9 Å². The Hall–Kier alpha value is -3.42. The predicted octanol–water partition coefficient (Wildman–Crippen LogP) is 4.24. The maximum Gasteiger partial charge on any atom is 0.335 e. The van der Waals surface area contributed by atoms with Gasteiger partial charge < -0.3 is 37.9 Å². The third-order valence-electron chi connectivity index (χ3n) is 11.5. The van der Waals surface area contributed by atoms with E-state index >= 15 is 0 Å². The minimum absolute atomic E-state index is 0.270. The lowest BCUT2D eigenvalue weighted by molar-refractivity contribution is -0.254. The van der Waals surface area contributed by atoms with Crippen molar-refractivity contribution in [3.8, 4) is 11.5 Å². The van der Waals surface area contributed by atoms with Crippen molar-refractivity contribution in [3.05, 3.63) is 23.3 Å². The Morgan fingerprint density at radius 3 is 1.84 bits per heavy atom. The number of nitrogens with zero attached hydrogens (tertiary/aromatic N) is 1. The highest BCUT2D eigenvalue weighted by Crippen LogP contribution is 2.46. The average Bonchev–Trinajstić information content (AvgIpc) is 3.10. The topological polar surface area (TPSA) is 145 Å². The van der Waals surface area contributed by atoms with Gasteiger partial charge in [-0.2, -0.15) is 0 Å². The fraction of sp³-hybridized carbons (Fsp3) is 0.737. The van der Waals surface area contributed by atoms with Gasteiger partial charge in [-0.1, -0.05) is 40.7 Å². The third kappa shape index (κ3) is 8.15. The highest BCUT2D eigenvalue weighted by molar-refractivity contribution is 5.75. The van der Waals surface area contributed by atoms with Gasteiger partial charge in [-0.3, -0.25) is 14.5 Å². The molecule has 0 bridgehead atoms. The number of likely N-dealkylation sites (tertiary alicyclic amines) is 1.